The molecule has 2 aromatic carbocycles. The van der Waals surface area contributed by atoms with Gasteiger partial charge in [-0.15, -0.1) is 0 Å². The van der Waals surface area contributed by atoms with Crippen LogP contribution in [0.5, 0.6) is 11.5 Å². The molecular formula is C22H22ClN3O3. The fourth-order valence-electron chi connectivity index (χ4n) is 4.63. The van der Waals surface area contributed by atoms with Gasteiger partial charge in [0.1, 0.15) is 11.5 Å². The van der Waals surface area contributed by atoms with Crippen LogP contribution in [0.4, 0.5) is 0 Å². The average molecular weight is 412 g/mol. The molecule has 3 aliphatic heterocycles. The number of benzene rings is 2. The summed E-state index contributed by atoms with van der Waals surface area (Å²) in [6, 6.07) is 13.0. The topological polar surface area (TPSA) is 65.4 Å². The SMILES string of the molecule is CC(=O)N1CCC2(CC1)Oc1ccc(Cl)cc1[C@@H]1CC(c3ccccc3O)=NN12. The van der Waals surface area contributed by atoms with Gasteiger partial charge in [0.25, 0.3) is 0 Å². The lowest BCUT2D eigenvalue weighted by Gasteiger charge is -2.51. The molecule has 1 saturated heterocycles. The first-order valence-corrected chi connectivity index (χ1v) is 10.2. The van der Waals surface area contributed by atoms with Gasteiger partial charge in [0.15, 0.2) is 0 Å². The van der Waals surface area contributed by atoms with Crippen molar-refractivity contribution in [2.24, 2.45) is 5.10 Å². The molecule has 1 fully saturated rings. The third kappa shape index (κ3) is 2.94. The normalized spacial score (nSPS) is 22.0. The minimum absolute atomic E-state index is 0.0177. The van der Waals surface area contributed by atoms with Crippen LogP contribution in [-0.2, 0) is 4.79 Å². The maximum atomic E-state index is 11.8. The first-order chi connectivity index (χ1) is 14.0. The molecule has 0 bridgehead atoms. The number of piperidine rings is 1. The summed E-state index contributed by atoms with van der Waals surface area (Å²) in [7, 11) is 0. The Balaban J connectivity index is 1.57. The van der Waals surface area contributed by atoms with Crippen molar-refractivity contribution in [3.05, 3.63) is 58.6 Å². The third-order valence-corrected chi connectivity index (χ3v) is 6.40. The fourth-order valence-corrected chi connectivity index (χ4v) is 4.82. The van der Waals surface area contributed by atoms with Crippen molar-refractivity contribution in [1.29, 1.82) is 0 Å². The molecule has 1 atom stereocenters. The number of carbonyl (C=O) groups is 1. The van der Waals surface area contributed by atoms with E-state index < -0.39 is 5.72 Å². The number of hydrazone groups is 1. The molecule has 2 aromatic rings. The minimum atomic E-state index is -0.608. The number of halogens is 1. The van der Waals surface area contributed by atoms with Crippen molar-refractivity contribution in [2.75, 3.05) is 13.1 Å². The van der Waals surface area contributed by atoms with Gasteiger partial charge in [-0.2, -0.15) is 5.10 Å². The maximum absolute atomic E-state index is 11.8. The number of amides is 1. The van der Waals surface area contributed by atoms with Gasteiger partial charge in [0.05, 0.1) is 11.8 Å². The van der Waals surface area contributed by atoms with E-state index in [9.17, 15) is 9.90 Å². The Kier molecular flexibility index (Phi) is 4.21. The summed E-state index contributed by atoms with van der Waals surface area (Å²) in [6.07, 6.45) is 2.00. The lowest BCUT2D eigenvalue weighted by molar-refractivity contribution is -0.158. The van der Waals surface area contributed by atoms with Crippen molar-refractivity contribution in [1.82, 2.24) is 9.91 Å². The van der Waals surface area contributed by atoms with Crippen molar-refractivity contribution in [3.8, 4) is 11.5 Å². The predicted molar refractivity (Wildman–Crippen MR) is 110 cm³/mol. The zero-order valence-electron chi connectivity index (χ0n) is 16.1. The highest BCUT2D eigenvalue weighted by atomic mass is 35.5. The molecule has 1 amide bonds. The second kappa shape index (κ2) is 6.66. The molecule has 3 aliphatic rings. The molecule has 0 aliphatic carbocycles. The molecular weight excluding hydrogens is 390 g/mol. The van der Waals surface area contributed by atoms with Crippen molar-refractivity contribution in [3.63, 3.8) is 0 Å². The molecule has 1 N–H and O–H groups in total. The van der Waals surface area contributed by atoms with Crippen LogP contribution in [0.1, 0.15) is 43.4 Å². The Morgan fingerprint density at radius 3 is 2.72 bits per heavy atom. The van der Waals surface area contributed by atoms with Gasteiger partial charge in [-0.25, -0.2) is 5.01 Å². The molecule has 5 rings (SSSR count). The molecule has 29 heavy (non-hydrogen) atoms. The first-order valence-electron chi connectivity index (χ1n) is 9.86. The second-order valence-corrected chi connectivity index (χ2v) is 8.30. The standard InChI is InChI=1S/C22H22ClN3O3/c1-14(27)25-10-8-22(9-11-25)26-19(17-12-15(23)6-7-21(17)29-22)13-18(24-26)16-4-2-3-5-20(16)28/h2-7,12,19,28H,8-11,13H2,1H3/t19-/m0/s1. The largest absolute Gasteiger partial charge is 0.507 e. The van der Waals surface area contributed by atoms with Crippen LogP contribution in [0.2, 0.25) is 5.02 Å². The van der Waals surface area contributed by atoms with E-state index in [1.165, 1.54) is 0 Å². The van der Waals surface area contributed by atoms with Gasteiger partial charge in [0.2, 0.25) is 11.6 Å². The Morgan fingerprint density at radius 2 is 2.00 bits per heavy atom. The van der Waals surface area contributed by atoms with E-state index in [2.05, 4.69) is 0 Å². The van der Waals surface area contributed by atoms with E-state index in [0.29, 0.717) is 37.4 Å². The number of carbonyl (C=O) groups excluding carboxylic acids is 1. The first kappa shape index (κ1) is 18.3. The monoisotopic (exact) mass is 411 g/mol. The molecule has 150 valence electrons. The van der Waals surface area contributed by atoms with E-state index >= 15 is 0 Å². The van der Waals surface area contributed by atoms with Crippen molar-refractivity contribution < 1.29 is 14.6 Å². The van der Waals surface area contributed by atoms with Crippen LogP contribution in [0.25, 0.3) is 0 Å². The number of aromatic hydroxyl groups is 1. The number of rotatable bonds is 1. The van der Waals surface area contributed by atoms with Gasteiger partial charge >= 0.3 is 0 Å². The lowest BCUT2D eigenvalue weighted by atomic mass is 9.90. The van der Waals surface area contributed by atoms with Crippen LogP contribution < -0.4 is 4.74 Å². The molecule has 7 heteroatoms. The predicted octanol–water partition coefficient (Wildman–Crippen LogP) is 3.93. The van der Waals surface area contributed by atoms with Crippen molar-refractivity contribution >= 4 is 23.2 Å². The third-order valence-electron chi connectivity index (χ3n) is 6.16. The van der Waals surface area contributed by atoms with E-state index in [-0.39, 0.29) is 17.7 Å². The van der Waals surface area contributed by atoms with E-state index in [4.69, 9.17) is 21.4 Å². The molecule has 0 saturated carbocycles. The molecule has 1 spiro atoms. The number of hydrogen-bond acceptors (Lipinski definition) is 5. The summed E-state index contributed by atoms with van der Waals surface area (Å²) in [5.41, 5.74) is 1.97. The summed E-state index contributed by atoms with van der Waals surface area (Å²) < 4.78 is 6.53. The van der Waals surface area contributed by atoms with Gasteiger partial charge in [-0.3, -0.25) is 4.79 Å². The van der Waals surface area contributed by atoms with Crippen molar-refractivity contribution in [2.45, 2.75) is 38.0 Å². The minimum Gasteiger partial charge on any atom is -0.507 e. The summed E-state index contributed by atoms with van der Waals surface area (Å²) in [6.45, 7) is 2.86. The molecule has 3 heterocycles. The molecule has 0 unspecified atom stereocenters. The summed E-state index contributed by atoms with van der Waals surface area (Å²) in [5, 5.41) is 18.0. The Labute approximate surface area is 174 Å². The number of fused-ring (bicyclic) bond motifs is 4. The van der Waals surface area contributed by atoms with Gasteiger partial charge < -0.3 is 14.7 Å². The smallest absolute Gasteiger partial charge is 0.219 e. The highest BCUT2D eigenvalue weighted by Crippen LogP contribution is 2.50. The maximum Gasteiger partial charge on any atom is 0.219 e. The Hall–Kier alpha value is -2.73. The zero-order valence-corrected chi connectivity index (χ0v) is 16.9. The number of hydrogen-bond donors (Lipinski definition) is 1. The van der Waals surface area contributed by atoms with Crippen LogP contribution in [0.3, 0.4) is 0 Å². The van der Waals surface area contributed by atoms with Crippen LogP contribution in [-0.4, -0.2) is 45.4 Å². The summed E-state index contributed by atoms with van der Waals surface area (Å²) in [5.74, 6) is 1.12. The second-order valence-electron chi connectivity index (χ2n) is 7.86. The van der Waals surface area contributed by atoms with E-state index in [1.807, 2.05) is 40.2 Å². The van der Waals surface area contributed by atoms with Gasteiger partial charge in [0, 0.05) is 55.4 Å². The van der Waals surface area contributed by atoms with Gasteiger partial charge in [-0.1, -0.05) is 23.7 Å². The lowest BCUT2D eigenvalue weighted by Crippen LogP contribution is -2.59. The summed E-state index contributed by atoms with van der Waals surface area (Å²) >= 11 is 6.28. The highest BCUT2D eigenvalue weighted by Gasteiger charge is 2.52. The number of nitrogens with zero attached hydrogens (tertiary/aromatic N) is 3. The van der Waals surface area contributed by atoms with E-state index in [1.54, 1.807) is 19.1 Å². The molecule has 0 radical (unpaired) electrons. The van der Waals surface area contributed by atoms with Crippen LogP contribution in [0.15, 0.2) is 47.6 Å². The Morgan fingerprint density at radius 1 is 1.24 bits per heavy atom. The number of para-hydroxylation sites is 1. The number of likely N-dealkylation sites (tertiary alicyclic amines) is 1. The quantitative estimate of drug-likeness (QED) is 0.772. The van der Waals surface area contributed by atoms with Gasteiger partial charge in [-0.05, 0) is 30.3 Å². The number of ether oxygens (including phenoxy) is 1. The summed E-state index contributed by atoms with van der Waals surface area (Å²) in [4.78, 5) is 13.7. The number of phenolic OH excluding ortho intramolecular Hbond substituents is 1. The highest BCUT2D eigenvalue weighted by molar-refractivity contribution is 6.30. The van der Waals surface area contributed by atoms with Crippen LogP contribution in [0, 0.1) is 0 Å². The van der Waals surface area contributed by atoms with Crippen LogP contribution >= 0.6 is 11.6 Å². The zero-order chi connectivity index (χ0) is 20.2. The fraction of sp³-hybridized carbons (Fsp3) is 0.364. The average Bonchev–Trinajstić information content (AvgIpc) is 3.16. The molecule has 0 aromatic heterocycles. The van der Waals surface area contributed by atoms with E-state index in [0.717, 1.165) is 22.6 Å². The molecule has 6 nitrogen and oxygen atoms in total. The Bertz CT molecular complexity index is 1010. The number of phenols is 1.